The molecule has 0 radical (unpaired) electrons. The molecule has 1 atom stereocenters. The third-order valence-corrected chi connectivity index (χ3v) is 2.63. The van der Waals surface area contributed by atoms with Crippen molar-refractivity contribution in [3.05, 3.63) is 53.7 Å². The van der Waals surface area contributed by atoms with Crippen molar-refractivity contribution in [2.24, 2.45) is 0 Å². The van der Waals surface area contributed by atoms with E-state index in [-0.39, 0.29) is 17.6 Å². The summed E-state index contributed by atoms with van der Waals surface area (Å²) in [6.45, 7) is 0. The summed E-state index contributed by atoms with van der Waals surface area (Å²) in [7, 11) is 3.25. The summed E-state index contributed by atoms with van der Waals surface area (Å²) >= 11 is 0. The molecule has 0 amide bonds. The van der Waals surface area contributed by atoms with E-state index in [2.05, 4.69) is 5.32 Å². The van der Waals surface area contributed by atoms with Crippen molar-refractivity contribution < 1.29 is 13.5 Å². The maximum absolute atomic E-state index is 13.6. The summed E-state index contributed by atoms with van der Waals surface area (Å²) in [6.07, 6.45) is 1.60. The molecule has 17 heavy (non-hydrogen) atoms. The van der Waals surface area contributed by atoms with Crippen LogP contribution in [0.3, 0.4) is 0 Å². The second-order valence-electron chi connectivity index (χ2n) is 3.63. The highest BCUT2D eigenvalue weighted by Crippen LogP contribution is 2.26. The highest BCUT2D eigenvalue weighted by Gasteiger charge is 2.16. The van der Waals surface area contributed by atoms with Gasteiger partial charge in [-0.3, -0.25) is 0 Å². The lowest BCUT2D eigenvalue weighted by Gasteiger charge is -2.14. The van der Waals surface area contributed by atoms with Crippen LogP contribution in [-0.2, 0) is 0 Å². The van der Waals surface area contributed by atoms with Gasteiger partial charge in [0.25, 0.3) is 0 Å². The van der Waals surface area contributed by atoms with Crippen molar-refractivity contribution in [2.45, 2.75) is 6.04 Å². The number of halogens is 1. The molecule has 1 aromatic carbocycles. The van der Waals surface area contributed by atoms with E-state index in [1.165, 1.54) is 13.2 Å². The zero-order valence-electron chi connectivity index (χ0n) is 9.74. The largest absolute Gasteiger partial charge is 0.494 e. The number of nitrogens with one attached hydrogen (secondary N) is 1. The molecular weight excluding hydrogens is 221 g/mol. The van der Waals surface area contributed by atoms with Gasteiger partial charge >= 0.3 is 0 Å². The Labute approximate surface area is 99.2 Å². The molecule has 0 fully saturated rings. The number of hydrogen-bond donors (Lipinski definition) is 1. The fraction of sp³-hybridized carbons (Fsp3) is 0.231. The van der Waals surface area contributed by atoms with E-state index in [4.69, 9.17) is 9.15 Å². The maximum atomic E-state index is 13.6. The van der Waals surface area contributed by atoms with Crippen LogP contribution >= 0.6 is 0 Å². The minimum Gasteiger partial charge on any atom is -0.494 e. The highest BCUT2D eigenvalue weighted by atomic mass is 19.1. The summed E-state index contributed by atoms with van der Waals surface area (Å²) in [4.78, 5) is 0. The number of ether oxygens (including phenoxy) is 1. The predicted octanol–water partition coefficient (Wildman–Crippen LogP) is 2.74. The lowest BCUT2D eigenvalue weighted by atomic mass is 10.0. The number of benzene rings is 1. The van der Waals surface area contributed by atoms with E-state index < -0.39 is 0 Å². The lowest BCUT2D eigenvalue weighted by molar-refractivity contribution is 0.385. The van der Waals surface area contributed by atoms with Crippen molar-refractivity contribution >= 4 is 0 Å². The monoisotopic (exact) mass is 235 g/mol. The zero-order chi connectivity index (χ0) is 12.3. The molecule has 0 saturated heterocycles. The number of hydrogen-bond acceptors (Lipinski definition) is 3. The van der Waals surface area contributed by atoms with Gasteiger partial charge in [0.2, 0.25) is 0 Å². The van der Waals surface area contributed by atoms with Crippen LogP contribution in [0.2, 0.25) is 0 Å². The average Bonchev–Trinajstić information content (AvgIpc) is 2.84. The second kappa shape index (κ2) is 5.01. The van der Waals surface area contributed by atoms with Crippen molar-refractivity contribution in [3.8, 4) is 5.75 Å². The minimum absolute atomic E-state index is 0.162. The molecule has 1 heterocycles. The highest BCUT2D eigenvalue weighted by molar-refractivity contribution is 5.34. The smallest absolute Gasteiger partial charge is 0.165 e. The molecule has 1 aromatic heterocycles. The van der Waals surface area contributed by atoms with Crippen molar-refractivity contribution in [2.75, 3.05) is 14.2 Å². The third kappa shape index (κ3) is 2.31. The Morgan fingerprint density at radius 3 is 2.71 bits per heavy atom. The topological polar surface area (TPSA) is 34.4 Å². The standard InChI is InChI=1S/C13H14FNO2/c1-15-13(12-4-3-7-17-12)9-5-6-11(16-2)10(14)8-9/h3-8,13,15H,1-2H3. The SMILES string of the molecule is CNC(c1ccc(OC)c(F)c1)c1ccco1. The summed E-state index contributed by atoms with van der Waals surface area (Å²) < 4.78 is 23.8. The Hall–Kier alpha value is -1.81. The summed E-state index contributed by atoms with van der Waals surface area (Å²) in [5, 5.41) is 3.08. The molecule has 2 rings (SSSR count). The molecule has 0 aliphatic heterocycles. The quantitative estimate of drug-likeness (QED) is 0.884. The van der Waals surface area contributed by atoms with Gasteiger partial charge in [-0.05, 0) is 36.9 Å². The van der Waals surface area contributed by atoms with E-state index in [0.717, 1.165) is 11.3 Å². The third-order valence-electron chi connectivity index (χ3n) is 2.63. The molecule has 2 aromatic rings. The summed E-state index contributed by atoms with van der Waals surface area (Å²) in [5.41, 5.74) is 0.792. The molecule has 1 N–H and O–H groups in total. The maximum Gasteiger partial charge on any atom is 0.165 e. The number of methoxy groups -OCH3 is 1. The molecule has 0 saturated carbocycles. The van der Waals surface area contributed by atoms with Crippen LogP contribution in [0, 0.1) is 5.82 Å². The summed E-state index contributed by atoms with van der Waals surface area (Å²) in [6, 6.07) is 8.36. The predicted molar refractivity (Wildman–Crippen MR) is 62.6 cm³/mol. The van der Waals surface area contributed by atoms with Crippen LogP contribution < -0.4 is 10.1 Å². The molecule has 1 unspecified atom stereocenters. The molecule has 0 spiro atoms. The van der Waals surface area contributed by atoms with Gasteiger partial charge in [0.05, 0.1) is 19.4 Å². The Balaban J connectivity index is 2.35. The summed E-state index contributed by atoms with van der Waals surface area (Å²) in [5.74, 6) is 0.608. The average molecular weight is 235 g/mol. The van der Waals surface area contributed by atoms with E-state index in [0.29, 0.717) is 0 Å². The first-order valence-electron chi connectivity index (χ1n) is 5.30. The van der Waals surface area contributed by atoms with Crippen molar-refractivity contribution in [1.29, 1.82) is 0 Å². The Bertz CT molecular complexity index is 482. The second-order valence-corrected chi connectivity index (χ2v) is 3.63. The number of rotatable bonds is 4. The van der Waals surface area contributed by atoms with Gasteiger partial charge in [0.15, 0.2) is 11.6 Å². The van der Waals surface area contributed by atoms with E-state index >= 15 is 0 Å². The van der Waals surface area contributed by atoms with Crippen LogP contribution in [0.25, 0.3) is 0 Å². The first-order valence-corrected chi connectivity index (χ1v) is 5.30. The minimum atomic E-state index is -0.378. The molecule has 0 aliphatic rings. The molecule has 90 valence electrons. The van der Waals surface area contributed by atoms with Crippen LogP contribution in [0.15, 0.2) is 41.0 Å². The lowest BCUT2D eigenvalue weighted by Crippen LogP contribution is -2.17. The zero-order valence-corrected chi connectivity index (χ0v) is 9.74. The first-order chi connectivity index (χ1) is 8.26. The van der Waals surface area contributed by atoms with Crippen LogP contribution in [0.4, 0.5) is 4.39 Å². The van der Waals surface area contributed by atoms with Gasteiger partial charge in [-0.15, -0.1) is 0 Å². The van der Waals surface area contributed by atoms with Crippen molar-refractivity contribution in [1.82, 2.24) is 5.32 Å². The van der Waals surface area contributed by atoms with Crippen molar-refractivity contribution in [3.63, 3.8) is 0 Å². The van der Waals surface area contributed by atoms with Gasteiger partial charge in [-0.1, -0.05) is 6.07 Å². The normalized spacial score (nSPS) is 12.4. The molecular formula is C13H14FNO2. The van der Waals surface area contributed by atoms with Gasteiger partial charge < -0.3 is 14.5 Å². The van der Waals surface area contributed by atoms with Crippen LogP contribution in [0.1, 0.15) is 17.4 Å². The van der Waals surface area contributed by atoms with E-state index in [9.17, 15) is 4.39 Å². The Kier molecular flexibility index (Phi) is 3.44. The Morgan fingerprint density at radius 1 is 1.35 bits per heavy atom. The van der Waals surface area contributed by atoms with Gasteiger partial charge in [-0.2, -0.15) is 0 Å². The fourth-order valence-corrected chi connectivity index (χ4v) is 1.79. The molecule has 0 aliphatic carbocycles. The first kappa shape index (κ1) is 11.7. The number of furan rings is 1. The molecule has 0 bridgehead atoms. The van der Waals surface area contributed by atoms with Gasteiger partial charge in [0, 0.05) is 0 Å². The fourth-order valence-electron chi connectivity index (χ4n) is 1.79. The van der Waals surface area contributed by atoms with E-state index in [1.807, 2.05) is 12.1 Å². The van der Waals surface area contributed by atoms with Crippen LogP contribution in [0.5, 0.6) is 5.75 Å². The van der Waals surface area contributed by atoms with E-state index in [1.54, 1.807) is 25.4 Å². The molecule has 4 heteroatoms. The molecule has 3 nitrogen and oxygen atoms in total. The van der Waals surface area contributed by atoms with Crippen LogP contribution in [-0.4, -0.2) is 14.2 Å². The van der Waals surface area contributed by atoms with Gasteiger partial charge in [0.1, 0.15) is 5.76 Å². The van der Waals surface area contributed by atoms with Gasteiger partial charge in [-0.25, -0.2) is 4.39 Å². The Morgan fingerprint density at radius 2 is 2.18 bits per heavy atom.